The summed E-state index contributed by atoms with van der Waals surface area (Å²) >= 11 is 0. The van der Waals surface area contributed by atoms with Crippen LogP contribution >= 0.6 is 0 Å². The Hall–Kier alpha value is -3.31. The van der Waals surface area contributed by atoms with Gasteiger partial charge in [0.25, 0.3) is 0 Å². The van der Waals surface area contributed by atoms with Crippen molar-refractivity contribution in [2.24, 2.45) is 5.92 Å². The molecule has 0 radical (unpaired) electrons. The molecule has 0 unspecified atom stereocenters. The molecule has 0 atom stereocenters. The number of benzene rings is 3. The number of piperidine rings is 1. The Bertz CT molecular complexity index is 1180. The molecule has 3 aromatic carbocycles. The second kappa shape index (κ2) is 10.7. The third-order valence-electron chi connectivity index (χ3n) is 6.83. The molecular weight excluding hydrogens is 424 g/mol. The molecule has 1 aliphatic rings. The monoisotopic (exact) mass is 456 g/mol. The minimum Gasteiger partial charge on any atom is -0.493 e. The highest BCUT2D eigenvalue weighted by molar-refractivity contribution is 5.87. The molecule has 0 amide bonds. The quantitative estimate of drug-likeness (QED) is 0.297. The van der Waals surface area contributed by atoms with Crippen LogP contribution in [0.1, 0.15) is 36.1 Å². The lowest BCUT2D eigenvalue weighted by Crippen LogP contribution is -2.33. The number of aromatic nitrogens is 1. The molecular formula is C29H32N2O3. The third-order valence-corrected chi connectivity index (χ3v) is 6.83. The summed E-state index contributed by atoms with van der Waals surface area (Å²) in [4.78, 5) is 2.57. The summed E-state index contributed by atoms with van der Waals surface area (Å²) in [5.41, 5.74) is 4.17. The standard InChI is InChI=1S/C29H32N2O3/c1-32-27-15-13-25-26(30-34-28(25)29(27)33-21-24-10-6-3-7-11-24)14-12-22-16-18-31(19-17-22)20-23-8-4-2-5-9-23/h2-11,13,15,22H,12,14,16-21H2,1H3. The van der Waals surface area contributed by atoms with Crippen LogP contribution in [0.25, 0.3) is 11.0 Å². The largest absolute Gasteiger partial charge is 0.493 e. The van der Waals surface area contributed by atoms with Crippen molar-refractivity contribution >= 4 is 11.0 Å². The Labute approximate surface area is 201 Å². The molecule has 176 valence electrons. The molecule has 4 aromatic rings. The van der Waals surface area contributed by atoms with Gasteiger partial charge < -0.3 is 14.0 Å². The molecule has 0 saturated carbocycles. The van der Waals surface area contributed by atoms with Crippen molar-refractivity contribution in [1.29, 1.82) is 0 Å². The number of aryl methyl sites for hydroxylation is 1. The zero-order valence-corrected chi connectivity index (χ0v) is 19.8. The van der Waals surface area contributed by atoms with Gasteiger partial charge in [-0.05, 0) is 68.0 Å². The van der Waals surface area contributed by atoms with E-state index in [2.05, 4.69) is 40.4 Å². The number of fused-ring (bicyclic) bond motifs is 1. The Morgan fingerprint density at radius 2 is 1.62 bits per heavy atom. The van der Waals surface area contributed by atoms with Crippen molar-refractivity contribution in [3.63, 3.8) is 0 Å². The van der Waals surface area contributed by atoms with Gasteiger partial charge in [0.1, 0.15) is 6.61 Å². The molecule has 0 spiro atoms. The topological polar surface area (TPSA) is 47.7 Å². The maximum atomic E-state index is 6.13. The first-order valence-electron chi connectivity index (χ1n) is 12.2. The first-order chi connectivity index (χ1) is 16.8. The van der Waals surface area contributed by atoms with Crippen LogP contribution in [0, 0.1) is 5.92 Å². The van der Waals surface area contributed by atoms with E-state index in [9.17, 15) is 0 Å². The van der Waals surface area contributed by atoms with E-state index in [1.165, 1.54) is 18.4 Å². The zero-order valence-electron chi connectivity index (χ0n) is 19.8. The molecule has 2 heterocycles. The minimum absolute atomic E-state index is 0.452. The van der Waals surface area contributed by atoms with Gasteiger partial charge in [0.15, 0.2) is 5.75 Å². The van der Waals surface area contributed by atoms with Crippen LogP contribution in [0.4, 0.5) is 0 Å². The molecule has 1 aromatic heterocycles. The molecule has 5 nitrogen and oxygen atoms in total. The molecule has 1 fully saturated rings. The summed E-state index contributed by atoms with van der Waals surface area (Å²) < 4.78 is 17.4. The van der Waals surface area contributed by atoms with Gasteiger partial charge in [-0.2, -0.15) is 0 Å². The normalized spacial score (nSPS) is 15.0. The van der Waals surface area contributed by atoms with Gasteiger partial charge in [0.2, 0.25) is 11.3 Å². The Morgan fingerprint density at radius 1 is 0.912 bits per heavy atom. The zero-order chi connectivity index (χ0) is 23.2. The van der Waals surface area contributed by atoms with E-state index in [-0.39, 0.29) is 0 Å². The molecule has 0 N–H and O–H groups in total. The van der Waals surface area contributed by atoms with Gasteiger partial charge in [0.05, 0.1) is 12.8 Å². The Balaban J connectivity index is 1.20. The number of hydrogen-bond acceptors (Lipinski definition) is 5. The lowest BCUT2D eigenvalue weighted by atomic mass is 9.91. The maximum Gasteiger partial charge on any atom is 0.212 e. The van der Waals surface area contributed by atoms with E-state index in [1.807, 2.05) is 42.5 Å². The van der Waals surface area contributed by atoms with E-state index in [0.29, 0.717) is 23.7 Å². The van der Waals surface area contributed by atoms with E-state index in [0.717, 1.165) is 55.0 Å². The lowest BCUT2D eigenvalue weighted by molar-refractivity contribution is 0.172. The fraction of sp³-hybridized carbons (Fsp3) is 0.345. The van der Waals surface area contributed by atoms with Crippen molar-refractivity contribution < 1.29 is 14.0 Å². The summed E-state index contributed by atoms with van der Waals surface area (Å²) in [6.45, 7) is 3.82. The van der Waals surface area contributed by atoms with Crippen LogP contribution in [-0.2, 0) is 19.6 Å². The molecule has 0 bridgehead atoms. The molecule has 5 rings (SSSR count). The molecule has 34 heavy (non-hydrogen) atoms. The highest BCUT2D eigenvalue weighted by Gasteiger charge is 2.22. The van der Waals surface area contributed by atoms with Crippen molar-refractivity contribution in [2.75, 3.05) is 20.2 Å². The van der Waals surface area contributed by atoms with Crippen LogP contribution < -0.4 is 9.47 Å². The highest BCUT2D eigenvalue weighted by atomic mass is 16.5. The minimum atomic E-state index is 0.452. The van der Waals surface area contributed by atoms with Gasteiger partial charge in [-0.25, -0.2) is 0 Å². The number of nitrogens with zero attached hydrogens (tertiary/aromatic N) is 2. The van der Waals surface area contributed by atoms with Gasteiger partial charge in [-0.3, -0.25) is 4.90 Å². The second-order valence-electron chi connectivity index (χ2n) is 9.12. The third kappa shape index (κ3) is 5.26. The summed E-state index contributed by atoms with van der Waals surface area (Å²) in [5.74, 6) is 2.01. The highest BCUT2D eigenvalue weighted by Crippen LogP contribution is 2.38. The molecule has 5 heteroatoms. The fourth-order valence-electron chi connectivity index (χ4n) is 4.84. The SMILES string of the molecule is COc1ccc2c(CCC3CCN(Cc4ccccc4)CC3)noc2c1OCc1ccccc1. The van der Waals surface area contributed by atoms with Crippen molar-refractivity contribution in [2.45, 2.75) is 38.8 Å². The maximum absolute atomic E-state index is 6.13. The summed E-state index contributed by atoms with van der Waals surface area (Å²) in [7, 11) is 1.65. The van der Waals surface area contributed by atoms with Gasteiger partial charge in [-0.15, -0.1) is 0 Å². The van der Waals surface area contributed by atoms with E-state index in [1.54, 1.807) is 7.11 Å². The predicted octanol–water partition coefficient (Wildman–Crippen LogP) is 6.26. The van der Waals surface area contributed by atoms with Gasteiger partial charge >= 0.3 is 0 Å². The molecule has 1 saturated heterocycles. The summed E-state index contributed by atoms with van der Waals surface area (Å²) in [6, 6.07) is 24.9. The smallest absolute Gasteiger partial charge is 0.212 e. The average Bonchev–Trinajstić information content (AvgIpc) is 3.31. The Kier molecular flexibility index (Phi) is 7.10. The Morgan fingerprint density at radius 3 is 2.32 bits per heavy atom. The van der Waals surface area contributed by atoms with Crippen LogP contribution in [-0.4, -0.2) is 30.3 Å². The van der Waals surface area contributed by atoms with Gasteiger partial charge in [0, 0.05) is 11.9 Å². The average molecular weight is 457 g/mol. The number of methoxy groups -OCH3 is 1. The first-order valence-corrected chi connectivity index (χ1v) is 12.2. The predicted molar refractivity (Wildman–Crippen MR) is 134 cm³/mol. The fourth-order valence-corrected chi connectivity index (χ4v) is 4.84. The van der Waals surface area contributed by atoms with Crippen molar-refractivity contribution in [3.05, 3.63) is 89.6 Å². The van der Waals surface area contributed by atoms with Crippen molar-refractivity contribution in [1.82, 2.24) is 10.1 Å². The first kappa shape index (κ1) is 22.5. The summed E-state index contributed by atoms with van der Waals surface area (Å²) in [5, 5.41) is 5.44. The van der Waals surface area contributed by atoms with Crippen LogP contribution in [0.2, 0.25) is 0 Å². The van der Waals surface area contributed by atoms with Crippen molar-refractivity contribution in [3.8, 4) is 11.5 Å². The van der Waals surface area contributed by atoms with Crippen LogP contribution in [0.15, 0.2) is 77.3 Å². The van der Waals surface area contributed by atoms with Crippen LogP contribution in [0.5, 0.6) is 11.5 Å². The van der Waals surface area contributed by atoms with Gasteiger partial charge in [-0.1, -0.05) is 65.8 Å². The number of rotatable bonds is 9. The van der Waals surface area contributed by atoms with Crippen LogP contribution in [0.3, 0.4) is 0 Å². The van der Waals surface area contributed by atoms with E-state index < -0.39 is 0 Å². The second-order valence-corrected chi connectivity index (χ2v) is 9.12. The lowest BCUT2D eigenvalue weighted by Gasteiger charge is -2.31. The van der Waals surface area contributed by atoms with E-state index >= 15 is 0 Å². The summed E-state index contributed by atoms with van der Waals surface area (Å²) in [6.07, 6.45) is 4.53. The molecule has 0 aliphatic carbocycles. The number of hydrogen-bond donors (Lipinski definition) is 0. The molecule has 1 aliphatic heterocycles. The number of ether oxygens (including phenoxy) is 2. The van der Waals surface area contributed by atoms with E-state index in [4.69, 9.17) is 14.0 Å². The number of likely N-dealkylation sites (tertiary alicyclic amines) is 1.